The fourth-order valence-electron chi connectivity index (χ4n) is 3.43. The third-order valence-electron chi connectivity index (χ3n) is 4.99. The zero-order valence-electron chi connectivity index (χ0n) is 17.7. The van der Waals surface area contributed by atoms with Gasteiger partial charge in [-0.25, -0.2) is 0 Å². The Balaban J connectivity index is 1.85. The lowest BCUT2D eigenvalue weighted by Gasteiger charge is -2.11. The highest BCUT2D eigenvalue weighted by Gasteiger charge is 2.15. The number of fused-ring (bicyclic) bond motifs is 3. The molecule has 0 aliphatic carbocycles. The highest BCUT2D eigenvalue weighted by molar-refractivity contribution is 7.17. The Morgan fingerprint density at radius 2 is 1.77 bits per heavy atom. The van der Waals surface area contributed by atoms with Crippen LogP contribution in [0.2, 0.25) is 0 Å². The van der Waals surface area contributed by atoms with Crippen molar-refractivity contribution in [3.05, 3.63) is 71.0 Å². The van der Waals surface area contributed by atoms with Crippen LogP contribution in [0, 0.1) is 0 Å². The van der Waals surface area contributed by atoms with Crippen LogP contribution in [0.4, 0.5) is 5.69 Å². The molecule has 0 atom stereocenters. The van der Waals surface area contributed by atoms with Crippen LogP contribution >= 0.6 is 11.3 Å². The Kier molecular flexibility index (Phi) is 5.86. The Morgan fingerprint density at radius 1 is 1.03 bits per heavy atom. The van der Waals surface area contributed by atoms with Gasteiger partial charge in [0.05, 0.1) is 16.8 Å². The minimum Gasteiger partial charge on any atom is -0.465 e. The molecule has 1 aromatic heterocycles. The largest absolute Gasteiger partial charge is 0.465 e. The van der Waals surface area contributed by atoms with Crippen molar-refractivity contribution < 1.29 is 14.3 Å². The summed E-state index contributed by atoms with van der Waals surface area (Å²) in [5.41, 5.74) is 2.35. The molecule has 0 unspecified atom stereocenters. The number of thiazole rings is 1. The van der Waals surface area contributed by atoms with Crippen molar-refractivity contribution in [2.24, 2.45) is 4.99 Å². The van der Waals surface area contributed by atoms with Gasteiger partial charge >= 0.3 is 5.97 Å². The normalized spacial score (nSPS) is 11.8. The molecule has 1 heterocycles. The molecule has 3 aromatic carbocycles. The number of anilines is 1. The molecule has 0 saturated heterocycles. The summed E-state index contributed by atoms with van der Waals surface area (Å²) < 4.78 is 7.89. The molecule has 0 spiro atoms. The molecule has 6 nitrogen and oxygen atoms in total. The van der Waals surface area contributed by atoms with Gasteiger partial charge < -0.3 is 14.2 Å². The van der Waals surface area contributed by atoms with Crippen molar-refractivity contribution in [1.29, 1.82) is 0 Å². The summed E-state index contributed by atoms with van der Waals surface area (Å²) in [4.78, 5) is 32.0. The number of hydrogen-bond acceptors (Lipinski definition) is 5. The van der Waals surface area contributed by atoms with Crippen LogP contribution in [0.3, 0.4) is 0 Å². The first-order chi connectivity index (χ1) is 15.0. The summed E-state index contributed by atoms with van der Waals surface area (Å²) in [5, 5.41) is 2.16. The Morgan fingerprint density at radius 3 is 2.48 bits per heavy atom. The first kappa shape index (κ1) is 20.8. The molecular weight excluding hydrogens is 410 g/mol. The molecular formula is C24H23N3O3S. The van der Waals surface area contributed by atoms with E-state index in [4.69, 9.17) is 4.74 Å². The minimum absolute atomic E-state index is 0.00212. The van der Waals surface area contributed by atoms with Crippen molar-refractivity contribution in [2.75, 3.05) is 25.6 Å². The lowest BCUT2D eigenvalue weighted by atomic mass is 10.1. The van der Waals surface area contributed by atoms with Gasteiger partial charge in [-0.1, -0.05) is 41.7 Å². The number of nitrogens with zero attached hydrogens (tertiary/aromatic N) is 3. The lowest BCUT2D eigenvalue weighted by Crippen LogP contribution is -2.23. The highest BCUT2D eigenvalue weighted by atomic mass is 32.1. The molecule has 0 fully saturated rings. The van der Waals surface area contributed by atoms with E-state index < -0.39 is 0 Å². The maximum atomic E-state index is 12.9. The molecule has 0 N–H and O–H groups in total. The Bertz CT molecular complexity index is 1330. The van der Waals surface area contributed by atoms with Crippen LogP contribution < -0.4 is 9.70 Å². The third-order valence-corrected chi connectivity index (χ3v) is 6.12. The van der Waals surface area contributed by atoms with Gasteiger partial charge in [0.2, 0.25) is 0 Å². The monoisotopic (exact) mass is 433 g/mol. The van der Waals surface area contributed by atoms with Crippen molar-refractivity contribution in [3.63, 3.8) is 0 Å². The van der Waals surface area contributed by atoms with E-state index in [1.165, 1.54) is 11.3 Å². The second-order valence-electron chi connectivity index (χ2n) is 7.27. The molecule has 0 aliphatic heterocycles. The maximum absolute atomic E-state index is 12.9. The zero-order valence-corrected chi connectivity index (χ0v) is 18.5. The maximum Gasteiger partial charge on any atom is 0.326 e. The van der Waals surface area contributed by atoms with Crippen LogP contribution in [0.25, 0.3) is 21.0 Å². The van der Waals surface area contributed by atoms with Gasteiger partial charge in [0, 0.05) is 30.7 Å². The average molecular weight is 434 g/mol. The molecule has 4 rings (SSSR count). The van der Waals surface area contributed by atoms with Gasteiger partial charge in [0.1, 0.15) is 6.54 Å². The number of carbonyl (C=O) groups excluding carboxylic acids is 2. The van der Waals surface area contributed by atoms with Crippen molar-refractivity contribution in [3.8, 4) is 0 Å². The predicted molar refractivity (Wildman–Crippen MR) is 125 cm³/mol. The number of aromatic nitrogens is 1. The number of rotatable bonds is 5. The van der Waals surface area contributed by atoms with Gasteiger partial charge in [-0.15, -0.1) is 0 Å². The second kappa shape index (κ2) is 8.73. The standard InChI is InChI=1S/C24H23N3O3S/c1-4-30-21(28)15-27-20-14-11-16-7-5-6-8-19(16)22(20)31-24(27)25-23(29)17-9-12-18(13-10-17)26(2)3/h5-14H,4,15H2,1-3H3. The number of amides is 1. The van der Waals surface area contributed by atoms with Crippen LogP contribution in [0.15, 0.2) is 65.7 Å². The summed E-state index contributed by atoms with van der Waals surface area (Å²) in [6.07, 6.45) is 0. The van der Waals surface area contributed by atoms with Gasteiger partial charge in [-0.3, -0.25) is 9.59 Å². The summed E-state index contributed by atoms with van der Waals surface area (Å²) in [6, 6.07) is 19.3. The van der Waals surface area contributed by atoms with Gasteiger partial charge in [0.15, 0.2) is 4.80 Å². The summed E-state index contributed by atoms with van der Waals surface area (Å²) in [7, 11) is 3.89. The fourth-order valence-corrected chi connectivity index (χ4v) is 4.59. The molecule has 4 aromatic rings. The lowest BCUT2D eigenvalue weighted by molar-refractivity contribution is -0.143. The van der Waals surface area contributed by atoms with Gasteiger partial charge in [-0.2, -0.15) is 4.99 Å². The van der Waals surface area contributed by atoms with Gasteiger partial charge in [-0.05, 0) is 42.6 Å². The highest BCUT2D eigenvalue weighted by Crippen LogP contribution is 2.27. The van der Waals surface area contributed by atoms with E-state index in [0.717, 1.165) is 26.7 Å². The van der Waals surface area contributed by atoms with Crippen molar-refractivity contribution in [1.82, 2.24) is 4.57 Å². The summed E-state index contributed by atoms with van der Waals surface area (Å²) >= 11 is 1.40. The zero-order chi connectivity index (χ0) is 22.0. The van der Waals surface area contributed by atoms with Crippen molar-refractivity contribution >= 4 is 49.9 Å². The summed E-state index contributed by atoms with van der Waals surface area (Å²) in [6.45, 7) is 2.07. The fraction of sp³-hybridized carbons (Fsp3) is 0.208. The smallest absolute Gasteiger partial charge is 0.326 e. The van der Waals surface area contributed by atoms with E-state index in [1.807, 2.05) is 67.5 Å². The quantitative estimate of drug-likeness (QED) is 0.442. The van der Waals surface area contributed by atoms with E-state index in [1.54, 1.807) is 23.6 Å². The van der Waals surface area contributed by atoms with E-state index in [-0.39, 0.29) is 18.4 Å². The number of carbonyl (C=O) groups is 2. The minimum atomic E-state index is -0.361. The molecule has 1 amide bonds. The second-order valence-corrected chi connectivity index (χ2v) is 8.25. The van der Waals surface area contributed by atoms with E-state index in [2.05, 4.69) is 4.99 Å². The van der Waals surface area contributed by atoms with Gasteiger partial charge in [0.25, 0.3) is 5.91 Å². The summed E-state index contributed by atoms with van der Waals surface area (Å²) in [5.74, 6) is -0.710. The first-order valence-corrected chi connectivity index (χ1v) is 10.8. The number of hydrogen-bond donors (Lipinski definition) is 0. The third kappa shape index (κ3) is 4.22. The van der Waals surface area contributed by atoms with Crippen LogP contribution in [0.5, 0.6) is 0 Å². The molecule has 31 heavy (non-hydrogen) atoms. The van der Waals surface area contributed by atoms with Crippen LogP contribution in [0.1, 0.15) is 17.3 Å². The Hall–Kier alpha value is -3.45. The molecule has 0 bridgehead atoms. The molecule has 0 aliphatic rings. The van der Waals surface area contributed by atoms with E-state index in [0.29, 0.717) is 17.0 Å². The van der Waals surface area contributed by atoms with Crippen LogP contribution in [-0.4, -0.2) is 37.1 Å². The number of esters is 1. The number of ether oxygens (including phenoxy) is 1. The molecule has 0 radical (unpaired) electrons. The van der Waals surface area contributed by atoms with E-state index in [9.17, 15) is 9.59 Å². The molecule has 0 saturated carbocycles. The first-order valence-electron chi connectivity index (χ1n) is 10.0. The topological polar surface area (TPSA) is 63.9 Å². The SMILES string of the molecule is CCOC(=O)Cn1c(=NC(=O)c2ccc(N(C)C)cc2)sc2c3ccccc3ccc21. The van der Waals surface area contributed by atoms with Crippen LogP contribution in [-0.2, 0) is 16.1 Å². The average Bonchev–Trinajstić information content (AvgIpc) is 3.11. The predicted octanol–water partition coefficient (Wildman–Crippen LogP) is 4.23. The Labute approximate surface area is 184 Å². The van der Waals surface area contributed by atoms with Crippen molar-refractivity contribution in [2.45, 2.75) is 13.5 Å². The van der Waals surface area contributed by atoms with E-state index >= 15 is 0 Å². The molecule has 158 valence electrons. The number of benzene rings is 3. The molecule has 7 heteroatoms.